The van der Waals surface area contributed by atoms with Gasteiger partial charge in [0.25, 0.3) is 17.7 Å². The van der Waals surface area contributed by atoms with Gasteiger partial charge >= 0.3 is 0 Å². The van der Waals surface area contributed by atoms with Gasteiger partial charge in [-0.1, -0.05) is 55.5 Å². The van der Waals surface area contributed by atoms with E-state index >= 15 is 8.90 Å². The van der Waals surface area contributed by atoms with Crippen molar-refractivity contribution in [1.29, 1.82) is 0 Å². The van der Waals surface area contributed by atoms with E-state index in [1.54, 1.807) is 18.0 Å². The first-order valence-electron chi connectivity index (χ1n) is 22.7. The fourth-order valence-electron chi connectivity index (χ4n) is 12.1. The summed E-state index contributed by atoms with van der Waals surface area (Å²) in [6.07, 6.45) is 2.30. The third-order valence-corrected chi connectivity index (χ3v) is 17.6. The van der Waals surface area contributed by atoms with E-state index in [4.69, 9.17) is 4.74 Å². The summed E-state index contributed by atoms with van der Waals surface area (Å²) in [5, 5.41) is 17.0. The molecule has 3 amide bonds. The highest BCUT2D eigenvalue weighted by atomic mass is 28.4. The summed E-state index contributed by atoms with van der Waals surface area (Å²) in [5.41, 5.74) is 2.17. The van der Waals surface area contributed by atoms with Crippen LogP contribution in [0.15, 0.2) is 103 Å². The van der Waals surface area contributed by atoms with Crippen molar-refractivity contribution < 1.29 is 28.3 Å². The summed E-state index contributed by atoms with van der Waals surface area (Å²) in [6.45, 7) is 9.03. The summed E-state index contributed by atoms with van der Waals surface area (Å²) in [4.78, 5) is 54.5. The number of nitrogens with one attached hydrogen (secondary N) is 2. The Hall–Kier alpha value is -5.12. The third-order valence-electron chi connectivity index (χ3n) is 15.1. The number of hydrogen-bond acceptors (Lipinski definition) is 9. The smallest absolute Gasteiger partial charge is 0.264 e. The molecule has 3 spiro atoms. The summed E-state index contributed by atoms with van der Waals surface area (Å²) in [6, 6.07) is 33.9. The van der Waals surface area contributed by atoms with Crippen LogP contribution >= 0.6 is 0 Å². The van der Waals surface area contributed by atoms with Crippen LogP contribution < -0.4 is 35.1 Å². The quantitative estimate of drug-likeness (QED) is 0.132. The normalized spacial score (nSPS) is 26.6. The van der Waals surface area contributed by atoms with Crippen LogP contribution in [0.4, 0.5) is 32.5 Å². The Kier molecular flexibility index (Phi) is 10.5. The molecule has 4 aromatic carbocycles. The summed E-state index contributed by atoms with van der Waals surface area (Å²) in [7, 11) is -3.44. The zero-order chi connectivity index (χ0) is 43.7. The predicted molar refractivity (Wildman–Crippen MR) is 246 cm³/mol. The lowest BCUT2D eigenvalue weighted by Gasteiger charge is -2.39. The monoisotopic (exact) mass is 871 g/mol. The number of halogens is 1. The summed E-state index contributed by atoms with van der Waals surface area (Å²) >= 11 is 0. The van der Waals surface area contributed by atoms with E-state index in [2.05, 4.69) is 32.6 Å². The van der Waals surface area contributed by atoms with Gasteiger partial charge in [-0.2, -0.15) is 0 Å². The maximum atomic E-state index is 16.5. The second-order valence-electron chi connectivity index (χ2n) is 18.9. The summed E-state index contributed by atoms with van der Waals surface area (Å²) in [5.74, 6) is -0.706. The van der Waals surface area contributed by atoms with Gasteiger partial charge in [0.05, 0.1) is 31.7 Å². The van der Waals surface area contributed by atoms with Crippen molar-refractivity contribution in [2.24, 2.45) is 5.92 Å². The average Bonchev–Trinajstić information content (AvgIpc) is 3.93. The van der Waals surface area contributed by atoms with Crippen LogP contribution in [0.1, 0.15) is 50.2 Å². The first-order chi connectivity index (χ1) is 30.4. The fourth-order valence-corrected chi connectivity index (χ4v) is 14.6. The van der Waals surface area contributed by atoms with Crippen LogP contribution in [-0.4, -0.2) is 94.5 Å². The van der Waals surface area contributed by atoms with Gasteiger partial charge in [0.2, 0.25) is 8.41 Å². The molecule has 6 aliphatic rings. The van der Waals surface area contributed by atoms with Gasteiger partial charge in [-0.25, -0.2) is 0 Å². The number of hydrogen-bond donors (Lipinski definition) is 3. The third kappa shape index (κ3) is 6.54. The zero-order valence-electron chi connectivity index (χ0n) is 36.4. The van der Waals surface area contributed by atoms with Crippen molar-refractivity contribution in [1.82, 2.24) is 10.6 Å². The molecule has 0 radical (unpaired) electrons. The molecule has 4 aromatic rings. The maximum absolute atomic E-state index is 16.5. The Morgan fingerprint density at radius 3 is 1.71 bits per heavy atom. The van der Waals surface area contributed by atoms with E-state index < -0.39 is 42.6 Å². The minimum atomic E-state index is -3.44. The Bertz CT molecular complexity index is 2370. The van der Waals surface area contributed by atoms with Crippen molar-refractivity contribution in [3.63, 3.8) is 0 Å². The molecule has 63 heavy (non-hydrogen) atoms. The number of para-hydroxylation sites is 2. The standard InChI is InChI=1S/C49H58FN7O5Si/c1-34-43(63(2,3)50)42(20-29-58)62-49(34)40-30-39(55-33-57(38-12-8-5-9-13-38)48(45(55)60)23-27-52-28-24-48)18-19-41(40)53(46(49)61)31-35-14-16-36(17-15-35)54-32-56(37-10-6-4-7-11-37)47(44(54)59)21-25-51-26-22-47/h4-19,30,34,42-43,51-52,58H,20-29,31-33H2,1-3H3/t34-,42+,43-,49+/m1/s1. The van der Waals surface area contributed by atoms with E-state index in [1.807, 2.05) is 108 Å². The molecular weight excluding hydrogens is 814 g/mol. The molecule has 10 rings (SSSR count). The van der Waals surface area contributed by atoms with Crippen LogP contribution in [0.2, 0.25) is 18.6 Å². The van der Waals surface area contributed by atoms with Crippen LogP contribution in [0.3, 0.4) is 0 Å². The molecule has 4 atom stereocenters. The highest BCUT2D eigenvalue weighted by molar-refractivity contribution is 6.72. The second kappa shape index (κ2) is 15.8. The number of aliphatic hydroxyl groups is 1. The molecule has 0 aliphatic carbocycles. The van der Waals surface area contributed by atoms with E-state index in [9.17, 15) is 14.7 Å². The number of anilines is 5. The molecule has 0 unspecified atom stereocenters. The van der Waals surface area contributed by atoms with Crippen LogP contribution in [0.25, 0.3) is 0 Å². The number of nitrogens with zero attached hydrogens (tertiary/aromatic N) is 5. The lowest BCUT2D eigenvalue weighted by molar-refractivity contribution is -0.146. The Morgan fingerprint density at radius 2 is 1.21 bits per heavy atom. The summed E-state index contributed by atoms with van der Waals surface area (Å²) < 4.78 is 23.4. The van der Waals surface area contributed by atoms with Gasteiger partial charge in [-0.3, -0.25) is 24.2 Å². The second-order valence-corrected chi connectivity index (χ2v) is 22.7. The minimum Gasteiger partial charge on any atom is -0.396 e. The Balaban J connectivity index is 0.998. The first kappa shape index (κ1) is 41.9. The van der Waals surface area contributed by atoms with E-state index in [0.717, 1.165) is 48.8 Å². The highest BCUT2D eigenvalue weighted by Gasteiger charge is 2.67. The van der Waals surface area contributed by atoms with Gasteiger partial charge in [0, 0.05) is 46.4 Å². The number of carbonyl (C=O) groups excluding carboxylic acids is 3. The number of fused-ring (bicyclic) bond motifs is 2. The molecule has 0 saturated carbocycles. The molecule has 3 N–H and O–H groups in total. The average molecular weight is 872 g/mol. The molecule has 330 valence electrons. The lowest BCUT2D eigenvalue weighted by Crippen LogP contribution is -2.55. The molecule has 0 aromatic heterocycles. The van der Waals surface area contributed by atoms with Gasteiger partial charge < -0.3 is 39.3 Å². The number of rotatable bonds is 9. The molecular formula is C49H58FN7O5Si. The maximum Gasteiger partial charge on any atom is 0.264 e. The first-order valence-corrected chi connectivity index (χ1v) is 25.6. The van der Waals surface area contributed by atoms with Crippen molar-refractivity contribution in [3.8, 4) is 0 Å². The zero-order valence-corrected chi connectivity index (χ0v) is 37.4. The number of benzene rings is 4. The lowest BCUT2D eigenvalue weighted by atomic mass is 9.82. The topological polar surface area (TPSA) is 121 Å². The highest BCUT2D eigenvalue weighted by Crippen LogP contribution is 2.61. The van der Waals surface area contributed by atoms with Crippen LogP contribution in [-0.2, 0) is 31.3 Å². The van der Waals surface area contributed by atoms with Gasteiger partial charge in [0.15, 0.2) is 5.60 Å². The van der Waals surface area contributed by atoms with Crippen molar-refractivity contribution in [2.45, 2.75) is 87.0 Å². The van der Waals surface area contributed by atoms with E-state index in [1.165, 1.54) is 0 Å². The number of carbonyl (C=O) groups is 3. The Morgan fingerprint density at radius 1 is 0.698 bits per heavy atom. The number of aliphatic hydroxyl groups excluding tert-OH is 1. The Labute approximate surface area is 370 Å². The predicted octanol–water partition coefficient (Wildman–Crippen LogP) is 6.26. The largest absolute Gasteiger partial charge is 0.396 e. The number of piperidine rings is 2. The number of amides is 3. The van der Waals surface area contributed by atoms with Gasteiger partial charge in [0.1, 0.15) is 11.1 Å². The van der Waals surface area contributed by atoms with Gasteiger partial charge in [-0.15, -0.1) is 0 Å². The van der Waals surface area contributed by atoms with Gasteiger partial charge in [-0.05, 0) is 132 Å². The molecule has 12 nitrogen and oxygen atoms in total. The van der Waals surface area contributed by atoms with E-state index in [0.29, 0.717) is 56.0 Å². The molecule has 14 heteroatoms. The van der Waals surface area contributed by atoms with Crippen molar-refractivity contribution in [3.05, 3.63) is 114 Å². The van der Waals surface area contributed by atoms with Crippen molar-refractivity contribution in [2.75, 3.05) is 70.6 Å². The molecule has 6 heterocycles. The molecule has 6 aliphatic heterocycles. The van der Waals surface area contributed by atoms with E-state index in [-0.39, 0.29) is 37.3 Å². The van der Waals surface area contributed by atoms with Crippen LogP contribution in [0.5, 0.6) is 0 Å². The molecule has 0 bridgehead atoms. The minimum absolute atomic E-state index is 0.0197. The van der Waals surface area contributed by atoms with Crippen molar-refractivity contribution >= 4 is 54.6 Å². The number of ether oxygens (including phenoxy) is 1. The molecule has 5 fully saturated rings. The fraction of sp³-hybridized carbons (Fsp3) is 0.449. The SMILES string of the molecule is C[C@@H]1[C@@H]([Si](C)(C)F)[C@H](CCO)O[C@@]12C(=O)N(Cc1ccc(N3CN(c4ccccc4)C4(CCNCC4)C3=O)cc1)c1ccc(N3CN(c4ccccc4)C4(CCNCC4)C3=O)cc12. The van der Waals surface area contributed by atoms with Crippen LogP contribution in [0, 0.1) is 5.92 Å². The molecule has 5 saturated heterocycles.